The highest BCUT2D eigenvalue weighted by atomic mass is 16.5. The average Bonchev–Trinajstić information content (AvgIpc) is 2.74. The first-order chi connectivity index (χ1) is 14.4. The standard InChI is InChI=1S/C24H22N2O4/c1-16(30-24(29)19-11-8-12-20(15-19)25-17(2)27)23(28)26-22-14-7-6-13-21(22)18-9-4-3-5-10-18/h3-16H,1-2H3,(H,25,27)(H,26,28)/t16-/m1/s1. The Morgan fingerprint density at radius 3 is 2.27 bits per heavy atom. The molecule has 1 atom stereocenters. The van der Waals surface area contributed by atoms with Crippen LogP contribution in [-0.4, -0.2) is 23.9 Å². The van der Waals surface area contributed by atoms with Crippen LogP contribution in [0.2, 0.25) is 0 Å². The van der Waals surface area contributed by atoms with E-state index in [-0.39, 0.29) is 11.5 Å². The molecule has 30 heavy (non-hydrogen) atoms. The molecule has 0 unspecified atom stereocenters. The quantitative estimate of drug-likeness (QED) is 0.595. The van der Waals surface area contributed by atoms with Crippen molar-refractivity contribution in [1.29, 1.82) is 0 Å². The van der Waals surface area contributed by atoms with Gasteiger partial charge in [-0.3, -0.25) is 9.59 Å². The van der Waals surface area contributed by atoms with E-state index in [9.17, 15) is 14.4 Å². The van der Waals surface area contributed by atoms with Gasteiger partial charge in [0.1, 0.15) is 0 Å². The summed E-state index contributed by atoms with van der Waals surface area (Å²) in [6.07, 6.45) is -1.01. The van der Waals surface area contributed by atoms with Crippen LogP contribution in [0, 0.1) is 0 Å². The van der Waals surface area contributed by atoms with Gasteiger partial charge in [0.25, 0.3) is 5.91 Å². The zero-order valence-electron chi connectivity index (χ0n) is 16.7. The summed E-state index contributed by atoms with van der Waals surface area (Å²) in [4.78, 5) is 36.2. The molecule has 6 nitrogen and oxygen atoms in total. The molecule has 0 fully saturated rings. The van der Waals surface area contributed by atoms with Crippen molar-refractivity contribution in [3.8, 4) is 11.1 Å². The highest BCUT2D eigenvalue weighted by molar-refractivity contribution is 6.00. The van der Waals surface area contributed by atoms with Crippen LogP contribution in [0.5, 0.6) is 0 Å². The molecule has 0 aliphatic carbocycles. The molecule has 6 heteroatoms. The third-order valence-corrected chi connectivity index (χ3v) is 4.34. The second-order valence-corrected chi connectivity index (χ2v) is 6.71. The number of hydrogen-bond donors (Lipinski definition) is 2. The summed E-state index contributed by atoms with van der Waals surface area (Å²) in [6.45, 7) is 2.89. The maximum atomic E-state index is 12.6. The monoisotopic (exact) mass is 402 g/mol. The Labute approximate surface area is 174 Å². The summed E-state index contributed by atoms with van der Waals surface area (Å²) >= 11 is 0. The molecular formula is C24H22N2O4. The Morgan fingerprint density at radius 1 is 0.833 bits per heavy atom. The lowest BCUT2D eigenvalue weighted by Gasteiger charge is -2.16. The smallest absolute Gasteiger partial charge is 0.338 e. The molecular weight excluding hydrogens is 380 g/mol. The SMILES string of the molecule is CC(=O)Nc1cccc(C(=O)O[C@H](C)C(=O)Nc2ccccc2-c2ccccc2)c1. The number of para-hydroxylation sites is 1. The van der Waals surface area contributed by atoms with Crippen LogP contribution < -0.4 is 10.6 Å². The molecule has 0 bridgehead atoms. The first-order valence-electron chi connectivity index (χ1n) is 9.48. The van der Waals surface area contributed by atoms with E-state index in [4.69, 9.17) is 4.74 Å². The first kappa shape index (κ1) is 20.8. The van der Waals surface area contributed by atoms with E-state index >= 15 is 0 Å². The number of rotatable bonds is 6. The van der Waals surface area contributed by atoms with E-state index < -0.39 is 18.0 Å². The molecule has 3 rings (SSSR count). The highest BCUT2D eigenvalue weighted by Gasteiger charge is 2.20. The van der Waals surface area contributed by atoms with Gasteiger partial charge in [-0.2, -0.15) is 0 Å². The van der Waals surface area contributed by atoms with Crippen LogP contribution in [0.25, 0.3) is 11.1 Å². The van der Waals surface area contributed by atoms with Gasteiger partial charge in [-0.15, -0.1) is 0 Å². The van der Waals surface area contributed by atoms with Crippen molar-refractivity contribution in [2.75, 3.05) is 10.6 Å². The summed E-state index contributed by atoms with van der Waals surface area (Å²) < 4.78 is 5.31. The maximum Gasteiger partial charge on any atom is 0.338 e. The van der Waals surface area contributed by atoms with Gasteiger partial charge in [0.2, 0.25) is 5.91 Å². The summed E-state index contributed by atoms with van der Waals surface area (Å²) in [5.74, 6) is -1.34. The Kier molecular flexibility index (Phi) is 6.60. The fourth-order valence-electron chi connectivity index (χ4n) is 2.91. The van der Waals surface area contributed by atoms with Crippen molar-refractivity contribution < 1.29 is 19.1 Å². The molecule has 0 aliphatic heterocycles. The molecule has 152 valence electrons. The van der Waals surface area contributed by atoms with E-state index in [0.29, 0.717) is 11.4 Å². The van der Waals surface area contributed by atoms with Gasteiger partial charge in [-0.25, -0.2) is 4.79 Å². The summed E-state index contributed by atoms with van der Waals surface area (Å²) in [6, 6.07) is 23.5. The van der Waals surface area contributed by atoms with E-state index in [1.807, 2.05) is 48.5 Å². The van der Waals surface area contributed by atoms with Crippen molar-refractivity contribution >= 4 is 29.2 Å². The zero-order valence-corrected chi connectivity index (χ0v) is 16.7. The number of esters is 1. The number of benzene rings is 3. The van der Waals surface area contributed by atoms with Crippen LogP contribution in [0.15, 0.2) is 78.9 Å². The van der Waals surface area contributed by atoms with Crippen molar-refractivity contribution in [2.45, 2.75) is 20.0 Å². The molecule has 0 radical (unpaired) electrons. The van der Waals surface area contributed by atoms with Gasteiger partial charge < -0.3 is 15.4 Å². The molecule has 3 aromatic carbocycles. The van der Waals surface area contributed by atoms with Crippen LogP contribution in [-0.2, 0) is 14.3 Å². The minimum atomic E-state index is -1.01. The van der Waals surface area contributed by atoms with Crippen molar-refractivity contribution in [2.24, 2.45) is 0 Å². The van der Waals surface area contributed by atoms with Gasteiger partial charge in [0.15, 0.2) is 6.10 Å². The fourth-order valence-corrected chi connectivity index (χ4v) is 2.91. The van der Waals surface area contributed by atoms with Crippen LogP contribution in [0.1, 0.15) is 24.2 Å². The van der Waals surface area contributed by atoms with Gasteiger partial charge in [-0.05, 0) is 36.8 Å². The van der Waals surface area contributed by atoms with Gasteiger partial charge >= 0.3 is 5.97 Å². The molecule has 0 saturated heterocycles. The predicted octanol–water partition coefficient (Wildman–Crippen LogP) is 4.50. The molecule has 0 aromatic heterocycles. The lowest BCUT2D eigenvalue weighted by atomic mass is 10.0. The van der Waals surface area contributed by atoms with Crippen LogP contribution in [0.4, 0.5) is 11.4 Å². The van der Waals surface area contributed by atoms with E-state index in [2.05, 4.69) is 10.6 Å². The topological polar surface area (TPSA) is 84.5 Å². The summed E-state index contributed by atoms with van der Waals surface area (Å²) in [5, 5.41) is 5.43. The van der Waals surface area contributed by atoms with Gasteiger partial charge in [0, 0.05) is 23.9 Å². The van der Waals surface area contributed by atoms with Crippen molar-refractivity contribution in [3.05, 3.63) is 84.4 Å². The number of hydrogen-bond acceptors (Lipinski definition) is 4. The van der Waals surface area contributed by atoms with E-state index in [1.54, 1.807) is 24.3 Å². The molecule has 0 heterocycles. The van der Waals surface area contributed by atoms with Crippen LogP contribution in [0.3, 0.4) is 0 Å². The second kappa shape index (κ2) is 9.52. The fraction of sp³-hybridized carbons (Fsp3) is 0.125. The summed E-state index contributed by atoms with van der Waals surface area (Å²) in [7, 11) is 0. The van der Waals surface area contributed by atoms with Crippen molar-refractivity contribution in [3.63, 3.8) is 0 Å². The number of amides is 2. The zero-order chi connectivity index (χ0) is 21.5. The first-order valence-corrected chi connectivity index (χ1v) is 9.48. The molecule has 3 aromatic rings. The van der Waals surface area contributed by atoms with Gasteiger partial charge in [-0.1, -0.05) is 54.6 Å². The van der Waals surface area contributed by atoms with Crippen molar-refractivity contribution in [1.82, 2.24) is 0 Å². The number of carbonyl (C=O) groups is 3. The Hall–Kier alpha value is -3.93. The molecule has 0 aliphatic rings. The lowest BCUT2D eigenvalue weighted by molar-refractivity contribution is -0.123. The predicted molar refractivity (Wildman–Crippen MR) is 116 cm³/mol. The highest BCUT2D eigenvalue weighted by Crippen LogP contribution is 2.27. The number of ether oxygens (including phenoxy) is 1. The van der Waals surface area contributed by atoms with Crippen LogP contribution >= 0.6 is 0 Å². The van der Waals surface area contributed by atoms with E-state index in [0.717, 1.165) is 11.1 Å². The molecule has 0 saturated carbocycles. The van der Waals surface area contributed by atoms with E-state index in [1.165, 1.54) is 19.9 Å². The summed E-state index contributed by atoms with van der Waals surface area (Å²) in [5.41, 5.74) is 3.18. The lowest BCUT2D eigenvalue weighted by Crippen LogP contribution is -2.30. The second-order valence-electron chi connectivity index (χ2n) is 6.71. The Bertz CT molecular complexity index is 1060. The largest absolute Gasteiger partial charge is 0.449 e. The minimum absolute atomic E-state index is 0.241. The maximum absolute atomic E-state index is 12.6. The number of anilines is 2. The number of nitrogens with one attached hydrogen (secondary N) is 2. The third kappa shape index (κ3) is 5.32. The Balaban J connectivity index is 1.69. The molecule has 2 N–H and O–H groups in total. The average molecular weight is 402 g/mol. The molecule has 0 spiro atoms. The normalized spacial score (nSPS) is 11.3. The minimum Gasteiger partial charge on any atom is -0.449 e. The third-order valence-electron chi connectivity index (χ3n) is 4.34. The Morgan fingerprint density at radius 2 is 1.53 bits per heavy atom. The van der Waals surface area contributed by atoms with Gasteiger partial charge in [0.05, 0.1) is 5.56 Å². The number of carbonyl (C=O) groups excluding carboxylic acids is 3. The molecule has 2 amide bonds.